The smallest absolute Gasteiger partial charge is 0.329 e. The zero-order valence-corrected chi connectivity index (χ0v) is 17.9. The highest BCUT2D eigenvalue weighted by Crippen LogP contribution is 2.22. The minimum atomic E-state index is -0.929. The Morgan fingerprint density at radius 1 is 1.03 bits per heavy atom. The van der Waals surface area contributed by atoms with Crippen LogP contribution in [0.4, 0.5) is 4.79 Å². The molecule has 0 fully saturated rings. The summed E-state index contributed by atoms with van der Waals surface area (Å²) in [6.07, 6.45) is 0. The maximum absolute atomic E-state index is 12.5. The summed E-state index contributed by atoms with van der Waals surface area (Å²) in [4.78, 5) is 47.8. The first-order valence-electron chi connectivity index (χ1n) is 9.61. The average Bonchev–Trinajstić information content (AvgIpc) is 2.63. The van der Waals surface area contributed by atoms with Gasteiger partial charge in [-0.1, -0.05) is 46.8 Å². The van der Waals surface area contributed by atoms with Gasteiger partial charge in [-0.15, -0.1) is 0 Å². The lowest BCUT2D eigenvalue weighted by Crippen LogP contribution is -2.47. The second kappa shape index (κ2) is 10.6. The molecule has 29 heavy (non-hydrogen) atoms. The van der Waals surface area contributed by atoms with Crippen molar-refractivity contribution in [1.82, 2.24) is 16.0 Å². The lowest BCUT2D eigenvalue weighted by Gasteiger charge is -2.22. The van der Waals surface area contributed by atoms with Crippen LogP contribution >= 0.6 is 0 Å². The van der Waals surface area contributed by atoms with E-state index >= 15 is 0 Å². The Labute approximate surface area is 171 Å². The summed E-state index contributed by atoms with van der Waals surface area (Å²) in [5, 5.41) is 7.08. The largest absolute Gasteiger partial charge is 0.454 e. The van der Waals surface area contributed by atoms with Gasteiger partial charge in [0, 0.05) is 12.1 Å². The number of urea groups is 1. The Morgan fingerprint density at radius 3 is 2.10 bits per heavy atom. The van der Waals surface area contributed by atoms with E-state index in [1.807, 2.05) is 17.4 Å². The molecule has 8 nitrogen and oxygen atoms in total. The molecule has 0 saturated carbocycles. The molecule has 8 heteroatoms. The Bertz CT molecular complexity index is 736. The van der Waals surface area contributed by atoms with E-state index in [2.05, 4.69) is 31.4 Å². The third kappa shape index (κ3) is 7.93. The number of esters is 1. The quantitative estimate of drug-likeness (QED) is 0.602. The van der Waals surface area contributed by atoms with Gasteiger partial charge in [-0.05, 0) is 36.0 Å². The van der Waals surface area contributed by atoms with E-state index in [1.54, 1.807) is 32.9 Å². The Balaban J connectivity index is 2.70. The number of benzene rings is 1. The highest BCUT2D eigenvalue weighted by atomic mass is 16.5. The van der Waals surface area contributed by atoms with Gasteiger partial charge in [-0.2, -0.15) is 0 Å². The molecule has 0 saturated heterocycles. The van der Waals surface area contributed by atoms with Gasteiger partial charge in [-0.25, -0.2) is 9.59 Å². The van der Waals surface area contributed by atoms with Crippen LogP contribution in [0.3, 0.4) is 0 Å². The van der Waals surface area contributed by atoms with Gasteiger partial charge in [0.1, 0.15) is 6.04 Å². The molecule has 3 N–H and O–H groups in total. The fourth-order valence-corrected chi connectivity index (χ4v) is 2.44. The minimum absolute atomic E-state index is 0.0338. The molecule has 0 heterocycles. The molecule has 0 radical (unpaired) electrons. The predicted molar refractivity (Wildman–Crippen MR) is 109 cm³/mol. The zero-order valence-electron chi connectivity index (χ0n) is 17.9. The van der Waals surface area contributed by atoms with E-state index in [1.165, 1.54) is 0 Å². The highest BCUT2D eigenvalue weighted by Gasteiger charge is 2.27. The highest BCUT2D eigenvalue weighted by molar-refractivity contribution is 5.98. The minimum Gasteiger partial charge on any atom is -0.454 e. The maximum Gasteiger partial charge on any atom is 0.329 e. The second-order valence-electron chi connectivity index (χ2n) is 8.04. The van der Waals surface area contributed by atoms with E-state index in [0.717, 1.165) is 5.56 Å². The lowest BCUT2D eigenvalue weighted by atomic mass is 9.86. The van der Waals surface area contributed by atoms with E-state index in [4.69, 9.17) is 4.74 Å². The van der Waals surface area contributed by atoms with Crippen molar-refractivity contribution >= 4 is 23.8 Å². The molecule has 1 rings (SSSR count). The van der Waals surface area contributed by atoms with Crippen LogP contribution < -0.4 is 16.0 Å². The summed E-state index contributed by atoms with van der Waals surface area (Å²) >= 11 is 0. The summed E-state index contributed by atoms with van der Waals surface area (Å²) < 4.78 is 4.96. The summed E-state index contributed by atoms with van der Waals surface area (Å²) in [5.74, 6) is -2.17. The standard InChI is InChI=1S/C21H31N3O5/c1-7-22-20(28)23-16(25)12-29-19(27)17(13(2)3)24-18(26)14-8-10-15(11-9-14)21(4,5)6/h8-11,13,17H,7,12H2,1-6H3,(H,24,26)(H2,22,23,25,28). The topological polar surface area (TPSA) is 114 Å². The Hall–Kier alpha value is -2.90. The van der Waals surface area contributed by atoms with Crippen LogP contribution in [0.5, 0.6) is 0 Å². The van der Waals surface area contributed by atoms with E-state index in [0.29, 0.717) is 12.1 Å². The number of imide groups is 1. The first-order valence-corrected chi connectivity index (χ1v) is 9.61. The summed E-state index contributed by atoms with van der Waals surface area (Å²) in [6.45, 7) is 11.2. The third-order valence-electron chi connectivity index (χ3n) is 4.16. The van der Waals surface area contributed by atoms with Gasteiger partial charge in [0.2, 0.25) is 0 Å². The number of ether oxygens (including phenoxy) is 1. The van der Waals surface area contributed by atoms with Gasteiger partial charge >= 0.3 is 12.0 Å². The fraction of sp³-hybridized carbons (Fsp3) is 0.524. The molecule has 0 aliphatic rings. The van der Waals surface area contributed by atoms with Crippen molar-refractivity contribution in [3.05, 3.63) is 35.4 Å². The molecule has 1 aromatic rings. The van der Waals surface area contributed by atoms with Crippen molar-refractivity contribution in [2.24, 2.45) is 5.92 Å². The summed E-state index contributed by atoms with van der Waals surface area (Å²) in [6, 6.07) is 5.58. The Kier molecular flexibility index (Phi) is 8.82. The van der Waals surface area contributed by atoms with Gasteiger partial charge in [-0.3, -0.25) is 14.9 Å². The van der Waals surface area contributed by atoms with Crippen LogP contribution in [0.2, 0.25) is 0 Å². The number of amides is 4. The lowest BCUT2D eigenvalue weighted by molar-refractivity contribution is -0.151. The molecule has 160 valence electrons. The summed E-state index contributed by atoms with van der Waals surface area (Å²) in [5.41, 5.74) is 1.48. The predicted octanol–water partition coefficient (Wildman–Crippen LogP) is 2.13. The van der Waals surface area contributed by atoms with Crippen molar-refractivity contribution in [3.8, 4) is 0 Å². The van der Waals surface area contributed by atoms with Crippen molar-refractivity contribution in [2.45, 2.75) is 53.0 Å². The molecule has 4 amide bonds. The molecule has 1 unspecified atom stereocenters. The van der Waals surface area contributed by atoms with Crippen LogP contribution in [0.25, 0.3) is 0 Å². The molecular formula is C21H31N3O5. The van der Waals surface area contributed by atoms with Crippen LogP contribution in [0.1, 0.15) is 57.5 Å². The molecule has 1 atom stereocenters. The molecule has 0 aromatic heterocycles. The van der Waals surface area contributed by atoms with Gasteiger partial charge in [0.05, 0.1) is 0 Å². The number of hydrogen-bond acceptors (Lipinski definition) is 5. The molecule has 0 aliphatic heterocycles. The van der Waals surface area contributed by atoms with Crippen LogP contribution in [-0.4, -0.2) is 43.0 Å². The van der Waals surface area contributed by atoms with Crippen molar-refractivity contribution in [2.75, 3.05) is 13.2 Å². The van der Waals surface area contributed by atoms with Crippen molar-refractivity contribution in [3.63, 3.8) is 0 Å². The van der Waals surface area contributed by atoms with Gasteiger partial charge in [0.15, 0.2) is 6.61 Å². The average molecular weight is 405 g/mol. The van der Waals surface area contributed by atoms with Crippen LogP contribution in [0, 0.1) is 5.92 Å². The molecule has 0 bridgehead atoms. The third-order valence-corrected chi connectivity index (χ3v) is 4.16. The van der Waals surface area contributed by atoms with E-state index in [-0.39, 0.29) is 11.3 Å². The number of nitrogens with one attached hydrogen (secondary N) is 3. The number of carbonyl (C=O) groups excluding carboxylic acids is 4. The van der Waals surface area contributed by atoms with Gasteiger partial charge in [0.25, 0.3) is 11.8 Å². The van der Waals surface area contributed by atoms with E-state index in [9.17, 15) is 19.2 Å². The van der Waals surface area contributed by atoms with Crippen molar-refractivity contribution in [1.29, 1.82) is 0 Å². The number of carbonyl (C=O) groups is 4. The number of hydrogen-bond donors (Lipinski definition) is 3. The number of rotatable bonds is 7. The maximum atomic E-state index is 12.5. The van der Waals surface area contributed by atoms with Gasteiger partial charge < -0.3 is 15.4 Å². The first kappa shape index (κ1) is 24.1. The van der Waals surface area contributed by atoms with Crippen LogP contribution in [-0.2, 0) is 19.7 Å². The monoisotopic (exact) mass is 405 g/mol. The molecule has 0 spiro atoms. The van der Waals surface area contributed by atoms with Crippen LogP contribution in [0.15, 0.2) is 24.3 Å². The fourth-order valence-electron chi connectivity index (χ4n) is 2.44. The van der Waals surface area contributed by atoms with E-state index < -0.39 is 36.5 Å². The van der Waals surface area contributed by atoms with Crippen molar-refractivity contribution < 1.29 is 23.9 Å². The molecular weight excluding hydrogens is 374 g/mol. The molecule has 0 aliphatic carbocycles. The zero-order chi connectivity index (χ0) is 22.2. The molecule has 1 aromatic carbocycles. The SMILES string of the molecule is CCNC(=O)NC(=O)COC(=O)C(NC(=O)c1ccc(C(C)(C)C)cc1)C(C)C. The summed E-state index contributed by atoms with van der Waals surface area (Å²) in [7, 11) is 0. The first-order chi connectivity index (χ1) is 13.5. The normalized spacial score (nSPS) is 12.1. The second-order valence-corrected chi connectivity index (χ2v) is 8.04. The Morgan fingerprint density at radius 2 is 1.62 bits per heavy atom.